The van der Waals surface area contributed by atoms with Crippen LogP contribution in [0.4, 0.5) is 17.1 Å². The number of nitrogens with zero attached hydrogens (tertiary/aromatic N) is 1. The van der Waals surface area contributed by atoms with Gasteiger partial charge in [-0.2, -0.15) is 0 Å². The van der Waals surface area contributed by atoms with Crippen LogP contribution < -0.4 is 4.90 Å². The van der Waals surface area contributed by atoms with Crippen LogP contribution in [0.2, 0.25) is 0 Å². The molecule has 274 valence electrons. The predicted molar refractivity (Wildman–Crippen MR) is 240 cm³/mol. The van der Waals surface area contributed by atoms with Crippen molar-refractivity contribution in [1.29, 1.82) is 0 Å². The van der Waals surface area contributed by atoms with Crippen LogP contribution in [0.25, 0.3) is 50.1 Å². The van der Waals surface area contributed by atoms with Gasteiger partial charge in [-0.05, 0) is 140 Å². The van der Waals surface area contributed by atoms with E-state index < -0.39 is 0 Å². The summed E-state index contributed by atoms with van der Waals surface area (Å²) in [4.78, 5) is 2.42. The highest BCUT2D eigenvalue weighted by molar-refractivity contribution is 5.96. The largest absolute Gasteiger partial charge is 0.310 e. The molecule has 56 heavy (non-hydrogen) atoms. The molecule has 0 bridgehead atoms. The Morgan fingerprint density at radius 2 is 1.04 bits per heavy atom. The van der Waals surface area contributed by atoms with E-state index in [1.54, 1.807) is 0 Å². The lowest BCUT2D eigenvalue weighted by Gasteiger charge is -2.28. The lowest BCUT2D eigenvalue weighted by Crippen LogP contribution is -2.17. The van der Waals surface area contributed by atoms with Gasteiger partial charge >= 0.3 is 0 Å². The fraction of sp³-hybridized carbons (Fsp3) is 0.164. The average molecular weight is 724 g/mol. The number of anilines is 3. The Morgan fingerprint density at radius 3 is 1.70 bits per heavy atom. The van der Waals surface area contributed by atoms with Gasteiger partial charge in [-0.25, -0.2) is 0 Å². The summed E-state index contributed by atoms with van der Waals surface area (Å²) in [5.41, 5.74) is 21.6. The molecule has 0 aliphatic heterocycles. The Morgan fingerprint density at radius 1 is 0.482 bits per heavy atom. The van der Waals surface area contributed by atoms with Gasteiger partial charge in [-0.1, -0.05) is 162 Å². The van der Waals surface area contributed by atoms with Crippen LogP contribution >= 0.6 is 0 Å². The summed E-state index contributed by atoms with van der Waals surface area (Å²) in [6.07, 6.45) is 7.67. The zero-order valence-corrected chi connectivity index (χ0v) is 33.4. The topological polar surface area (TPSA) is 3.24 Å². The second-order valence-corrected chi connectivity index (χ2v) is 16.4. The fourth-order valence-electron chi connectivity index (χ4n) is 9.29. The Kier molecular flexibility index (Phi) is 8.78. The van der Waals surface area contributed by atoms with Crippen molar-refractivity contribution in [3.8, 4) is 44.5 Å². The van der Waals surface area contributed by atoms with Gasteiger partial charge in [0.1, 0.15) is 0 Å². The highest BCUT2D eigenvalue weighted by atomic mass is 15.1. The molecule has 1 heteroatoms. The van der Waals surface area contributed by atoms with E-state index in [1.165, 1.54) is 77.9 Å². The third kappa shape index (κ3) is 5.77. The van der Waals surface area contributed by atoms with Crippen molar-refractivity contribution < 1.29 is 0 Å². The molecule has 9 rings (SSSR count). The summed E-state index contributed by atoms with van der Waals surface area (Å²) >= 11 is 0. The molecule has 0 saturated heterocycles. The maximum atomic E-state index is 2.54. The summed E-state index contributed by atoms with van der Waals surface area (Å²) < 4.78 is 0. The quantitative estimate of drug-likeness (QED) is 0.141. The van der Waals surface area contributed by atoms with Gasteiger partial charge in [-0.3, -0.25) is 0 Å². The summed E-state index contributed by atoms with van der Waals surface area (Å²) in [5, 5.41) is 0. The minimum atomic E-state index is -0.191. The first-order valence-electron chi connectivity index (χ1n) is 20.1. The molecular formula is C55H49N. The summed E-state index contributed by atoms with van der Waals surface area (Å²) in [5.74, 6) is 0. The maximum Gasteiger partial charge on any atom is 0.0465 e. The number of fused-ring (bicyclic) bond motifs is 6. The van der Waals surface area contributed by atoms with Gasteiger partial charge in [-0.15, -0.1) is 0 Å². The van der Waals surface area contributed by atoms with E-state index in [0.717, 1.165) is 23.5 Å². The van der Waals surface area contributed by atoms with Gasteiger partial charge in [0, 0.05) is 27.9 Å². The molecule has 0 radical (unpaired) electrons. The SMILES string of the molecule is C/C=C(\C=C/CC)c1ccc(N(c2ccc(-c3ccccc3)cc2)c2ccc3c(c2)C(C)(C)c2cc4c(cc2-3)C(C)(C)c2cccc(-c3ccccc3)c2-4)cc1. The summed E-state index contributed by atoms with van der Waals surface area (Å²) in [6, 6.07) is 58.7. The molecule has 0 fully saturated rings. The van der Waals surface area contributed by atoms with Gasteiger partial charge in [0.05, 0.1) is 0 Å². The molecule has 0 N–H and O–H groups in total. The molecule has 2 aliphatic carbocycles. The zero-order valence-electron chi connectivity index (χ0n) is 33.4. The number of hydrogen-bond acceptors (Lipinski definition) is 1. The van der Waals surface area contributed by atoms with Gasteiger partial charge in [0.15, 0.2) is 0 Å². The predicted octanol–water partition coefficient (Wildman–Crippen LogP) is 15.5. The highest BCUT2D eigenvalue weighted by Gasteiger charge is 2.42. The van der Waals surface area contributed by atoms with Crippen molar-refractivity contribution >= 4 is 22.6 Å². The second kappa shape index (κ2) is 13.8. The summed E-state index contributed by atoms with van der Waals surface area (Å²) in [6.45, 7) is 13.9. The van der Waals surface area contributed by atoms with E-state index in [0.29, 0.717) is 0 Å². The zero-order chi connectivity index (χ0) is 38.6. The molecule has 7 aromatic rings. The average Bonchev–Trinajstić information content (AvgIpc) is 3.60. The van der Waals surface area contributed by atoms with Gasteiger partial charge in [0.2, 0.25) is 0 Å². The van der Waals surface area contributed by atoms with Crippen molar-refractivity contribution in [2.24, 2.45) is 0 Å². The van der Waals surface area contributed by atoms with Crippen molar-refractivity contribution in [3.05, 3.63) is 204 Å². The number of hydrogen-bond donors (Lipinski definition) is 0. The molecule has 7 aromatic carbocycles. The van der Waals surface area contributed by atoms with Crippen molar-refractivity contribution in [1.82, 2.24) is 0 Å². The molecule has 2 aliphatic rings. The normalized spacial score (nSPS) is 14.6. The minimum Gasteiger partial charge on any atom is -0.310 e. The number of rotatable bonds is 8. The van der Waals surface area contributed by atoms with E-state index in [-0.39, 0.29) is 10.8 Å². The Labute approximate surface area is 333 Å². The maximum absolute atomic E-state index is 2.54. The molecule has 1 nitrogen and oxygen atoms in total. The van der Waals surface area contributed by atoms with Crippen LogP contribution in [-0.2, 0) is 10.8 Å². The standard InChI is InChI=1S/C55H49N/c1-7-9-17-37(8-2)39-24-28-42(29-25-39)56(43-30-26-40(27-31-43)38-18-12-10-13-19-38)44-32-33-46-47-35-52-48(36-51(47)55(5,6)50(46)34-44)53-45(41-20-14-11-15-21-41)22-16-23-49(53)54(52,3)4/h8-36H,7H2,1-6H3/b17-9-,37-8+. The first kappa shape index (κ1) is 35.5. The Bertz CT molecular complexity index is 2640. The first-order chi connectivity index (χ1) is 27.2. The lowest BCUT2D eigenvalue weighted by molar-refractivity contribution is 0.652. The third-order valence-electron chi connectivity index (χ3n) is 12.4. The van der Waals surface area contributed by atoms with Crippen LogP contribution in [0, 0.1) is 0 Å². The van der Waals surface area contributed by atoms with Crippen molar-refractivity contribution in [3.63, 3.8) is 0 Å². The molecule has 0 amide bonds. The molecule has 0 saturated carbocycles. The van der Waals surface area contributed by atoms with Crippen molar-refractivity contribution in [2.75, 3.05) is 4.90 Å². The van der Waals surface area contributed by atoms with Crippen LogP contribution in [-0.4, -0.2) is 0 Å². The van der Waals surface area contributed by atoms with E-state index in [4.69, 9.17) is 0 Å². The highest BCUT2D eigenvalue weighted by Crippen LogP contribution is 2.58. The van der Waals surface area contributed by atoms with Crippen LogP contribution in [0.15, 0.2) is 176 Å². The van der Waals surface area contributed by atoms with Crippen molar-refractivity contribution in [2.45, 2.75) is 58.8 Å². The lowest BCUT2D eigenvalue weighted by atomic mass is 9.79. The Balaban J connectivity index is 1.16. The van der Waals surface area contributed by atoms with Crippen LogP contribution in [0.1, 0.15) is 75.8 Å². The smallest absolute Gasteiger partial charge is 0.0465 e. The molecule has 0 spiro atoms. The number of benzene rings is 7. The van der Waals surface area contributed by atoms with Crippen LogP contribution in [0.5, 0.6) is 0 Å². The molecular weight excluding hydrogens is 675 g/mol. The van der Waals surface area contributed by atoms with E-state index in [2.05, 4.69) is 222 Å². The van der Waals surface area contributed by atoms with E-state index in [1.807, 2.05) is 0 Å². The second-order valence-electron chi connectivity index (χ2n) is 16.4. The molecule has 0 aromatic heterocycles. The van der Waals surface area contributed by atoms with E-state index in [9.17, 15) is 0 Å². The third-order valence-corrected chi connectivity index (χ3v) is 12.4. The van der Waals surface area contributed by atoms with Gasteiger partial charge < -0.3 is 4.90 Å². The monoisotopic (exact) mass is 723 g/mol. The number of allylic oxidation sites excluding steroid dienone is 4. The Hall–Kier alpha value is -6.18. The minimum absolute atomic E-state index is 0.106. The molecule has 0 unspecified atom stereocenters. The molecule has 0 heterocycles. The van der Waals surface area contributed by atoms with Crippen LogP contribution in [0.3, 0.4) is 0 Å². The first-order valence-corrected chi connectivity index (χ1v) is 20.1. The summed E-state index contributed by atoms with van der Waals surface area (Å²) in [7, 11) is 0. The van der Waals surface area contributed by atoms with E-state index >= 15 is 0 Å². The molecule has 0 atom stereocenters. The fourth-order valence-corrected chi connectivity index (χ4v) is 9.29. The van der Waals surface area contributed by atoms with Gasteiger partial charge in [0.25, 0.3) is 0 Å².